The Hall–Kier alpha value is -3.32. The number of hydrogen-bond donors (Lipinski definition) is 3. The summed E-state index contributed by atoms with van der Waals surface area (Å²) in [6.07, 6.45) is 1.99. The molecule has 3 N–H and O–H groups in total. The number of hydrogen-bond acceptors (Lipinski definition) is 5. The molecule has 6 nitrogen and oxygen atoms in total. The maximum atomic E-state index is 13.2. The molecule has 1 atom stereocenters. The Balaban J connectivity index is 1.81. The first-order valence-electron chi connectivity index (χ1n) is 8.74. The van der Waals surface area contributed by atoms with Gasteiger partial charge in [-0.05, 0) is 24.0 Å². The van der Waals surface area contributed by atoms with Crippen molar-refractivity contribution < 1.29 is 4.79 Å². The minimum Gasteiger partial charge on any atom is -0.340 e. The van der Waals surface area contributed by atoms with E-state index in [1.807, 2.05) is 48.7 Å². The first-order chi connectivity index (χ1) is 13.6. The molecule has 3 aromatic rings. The van der Waals surface area contributed by atoms with E-state index in [0.717, 1.165) is 16.0 Å². The number of carbonyl (C=O) groups is 1. The maximum absolute atomic E-state index is 13.2. The van der Waals surface area contributed by atoms with E-state index in [2.05, 4.69) is 15.3 Å². The molecule has 0 spiro atoms. The molecule has 0 radical (unpaired) electrons. The van der Waals surface area contributed by atoms with Gasteiger partial charge in [-0.25, -0.2) is 4.79 Å². The molecule has 5 rings (SSSR count). The van der Waals surface area contributed by atoms with Gasteiger partial charge in [0.1, 0.15) is 5.82 Å². The lowest BCUT2D eigenvalue weighted by Gasteiger charge is -2.27. The zero-order valence-electron chi connectivity index (χ0n) is 14.8. The molecule has 0 amide bonds. The number of anilines is 1. The van der Waals surface area contributed by atoms with Crippen LogP contribution in [0.5, 0.6) is 0 Å². The Morgan fingerprint density at radius 3 is 2.32 bits per heavy atom. The second kappa shape index (κ2) is 6.10. The molecule has 2 heterocycles. The van der Waals surface area contributed by atoms with Crippen molar-refractivity contribution in [2.75, 3.05) is 11.6 Å². The SMILES string of the molecule is CSc1ccc([C@H]2C3=C(Nc4[nH]c(=O)[nH]c(=O)c42)c2ccccc2C3=O)cc1. The van der Waals surface area contributed by atoms with Gasteiger partial charge >= 0.3 is 5.69 Å². The molecular formula is C21H15N3O3S. The average Bonchev–Trinajstić information content (AvgIpc) is 2.99. The summed E-state index contributed by atoms with van der Waals surface area (Å²) in [7, 11) is 0. The van der Waals surface area contributed by atoms with E-state index in [1.54, 1.807) is 17.8 Å². The molecule has 138 valence electrons. The molecule has 1 aromatic heterocycles. The molecule has 0 saturated heterocycles. The lowest BCUT2D eigenvalue weighted by atomic mass is 9.82. The van der Waals surface area contributed by atoms with E-state index >= 15 is 0 Å². The van der Waals surface area contributed by atoms with Crippen molar-refractivity contribution in [2.45, 2.75) is 10.8 Å². The highest BCUT2D eigenvalue weighted by molar-refractivity contribution is 7.98. The number of H-pyrrole nitrogens is 2. The van der Waals surface area contributed by atoms with Crippen LogP contribution in [-0.2, 0) is 0 Å². The molecule has 0 fully saturated rings. The van der Waals surface area contributed by atoms with Gasteiger partial charge in [-0.3, -0.25) is 19.6 Å². The minimum atomic E-state index is -0.589. The fraction of sp³-hybridized carbons (Fsp3) is 0.0952. The topological polar surface area (TPSA) is 94.8 Å². The Labute approximate surface area is 163 Å². The van der Waals surface area contributed by atoms with Crippen LogP contribution in [-0.4, -0.2) is 22.0 Å². The van der Waals surface area contributed by atoms with Crippen molar-refractivity contribution in [3.63, 3.8) is 0 Å². The Bertz CT molecular complexity index is 1290. The van der Waals surface area contributed by atoms with Crippen LogP contribution in [0.25, 0.3) is 5.70 Å². The monoisotopic (exact) mass is 389 g/mol. The highest BCUT2D eigenvalue weighted by Crippen LogP contribution is 2.47. The number of aromatic amines is 2. The number of benzene rings is 2. The van der Waals surface area contributed by atoms with Crippen LogP contribution in [0.1, 0.15) is 33.0 Å². The first kappa shape index (κ1) is 16.8. The second-order valence-electron chi connectivity index (χ2n) is 6.69. The average molecular weight is 389 g/mol. The summed E-state index contributed by atoms with van der Waals surface area (Å²) in [6.45, 7) is 0. The first-order valence-corrected chi connectivity index (χ1v) is 9.96. The Morgan fingerprint density at radius 1 is 0.893 bits per heavy atom. The normalized spacial score (nSPS) is 17.0. The van der Waals surface area contributed by atoms with E-state index in [0.29, 0.717) is 28.2 Å². The molecule has 1 aliphatic heterocycles. The van der Waals surface area contributed by atoms with Gasteiger partial charge in [0.25, 0.3) is 5.56 Å². The number of rotatable bonds is 2. The number of fused-ring (bicyclic) bond motifs is 3. The predicted octanol–water partition coefficient (Wildman–Crippen LogP) is 2.95. The fourth-order valence-electron chi connectivity index (χ4n) is 3.98. The summed E-state index contributed by atoms with van der Waals surface area (Å²) in [5, 5.41) is 3.13. The number of ketones is 1. The molecule has 0 unspecified atom stereocenters. The summed E-state index contributed by atoms with van der Waals surface area (Å²) < 4.78 is 0. The van der Waals surface area contributed by atoms with Crippen LogP contribution >= 0.6 is 11.8 Å². The lowest BCUT2D eigenvalue weighted by Crippen LogP contribution is -2.33. The van der Waals surface area contributed by atoms with Gasteiger partial charge in [0.2, 0.25) is 0 Å². The van der Waals surface area contributed by atoms with Crippen molar-refractivity contribution in [3.8, 4) is 0 Å². The highest BCUT2D eigenvalue weighted by atomic mass is 32.2. The van der Waals surface area contributed by atoms with Gasteiger partial charge in [0.05, 0.1) is 11.3 Å². The minimum absolute atomic E-state index is 0.103. The predicted molar refractivity (Wildman–Crippen MR) is 109 cm³/mol. The fourth-order valence-corrected chi connectivity index (χ4v) is 4.39. The number of allylic oxidation sites excluding steroid dienone is 1. The van der Waals surface area contributed by atoms with E-state index in [4.69, 9.17) is 0 Å². The van der Waals surface area contributed by atoms with Gasteiger partial charge < -0.3 is 5.32 Å². The molecule has 2 aromatic carbocycles. The summed E-state index contributed by atoms with van der Waals surface area (Å²) in [4.78, 5) is 43.9. The van der Waals surface area contributed by atoms with Gasteiger partial charge in [-0.2, -0.15) is 0 Å². The third-order valence-corrected chi connectivity index (χ3v) is 5.95. The van der Waals surface area contributed by atoms with Crippen molar-refractivity contribution in [2.24, 2.45) is 0 Å². The van der Waals surface area contributed by atoms with Crippen LogP contribution < -0.4 is 16.6 Å². The third kappa shape index (κ3) is 2.33. The molecule has 0 saturated carbocycles. The summed E-state index contributed by atoms with van der Waals surface area (Å²) in [5.41, 5.74) is 2.63. The number of carbonyl (C=O) groups excluding carboxylic acids is 1. The molecular weight excluding hydrogens is 374 g/mol. The van der Waals surface area contributed by atoms with Gasteiger partial charge in [-0.15, -0.1) is 11.8 Å². The zero-order valence-corrected chi connectivity index (χ0v) is 15.6. The number of aromatic nitrogens is 2. The van der Waals surface area contributed by atoms with Crippen LogP contribution in [0.2, 0.25) is 0 Å². The quantitative estimate of drug-likeness (QED) is 0.586. The molecule has 7 heteroatoms. The smallest absolute Gasteiger partial charge is 0.327 e. The van der Waals surface area contributed by atoms with Crippen LogP contribution in [0.4, 0.5) is 5.82 Å². The Morgan fingerprint density at radius 2 is 1.61 bits per heavy atom. The molecule has 0 bridgehead atoms. The molecule has 28 heavy (non-hydrogen) atoms. The number of Topliss-reactive ketones (excluding diaryl/α,β-unsaturated/α-hetero) is 1. The number of nitrogens with one attached hydrogen (secondary N) is 3. The van der Waals surface area contributed by atoms with Gasteiger partial charge in [0.15, 0.2) is 5.78 Å². The second-order valence-corrected chi connectivity index (χ2v) is 7.57. The highest BCUT2D eigenvalue weighted by Gasteiger charge is 2.41. The van der Waals surface area contributed by atoms with Crippen LogP contribution in [0.15, 0.2) is 68.6 Å². The zero-order chi connectivity index (χ0) is 19.4. The van der Waals surface area contributed by atoms with Crippen molar-refractivity contribution in [1.29, 1.82) is 0 Å². The standard InChI is InChI=1S/C21H15N3O3S/c1-28-11-8-6-10(7-9-11)14-15-17(12-4-2-3-5-13(12)18(15)25)22-19-16(14)20(26)24-21(27)23-19/h2-9,14H,1H3,(H3,22,23,24,26,27)/t14-/m0/s1. The van der Waals surface area contributed by atoms with E-state index in [1.165, 1.54) is 0 Å². The largest absolute Gasteiger partial charge is 0.340 e. The molecule has 2 aliphatic rings. The van der Waals surface area contributed by atoms with E-state index in [-0.39, 0.29) is 5.78 Å². The van der Waals surface area contributed by atoms with Crippen molar-refractivity contribution >= 4 is 29.1 Å². The van der Waals surface area contributed by atoms with Gasteiger partial charge in [-0.1, -0.05) is 36.4 Å². The van der Waals surface area contributed by atoms with Gasteiger partial charge in [0, 0.05) is 27.5 Å². The van der Waals surface area contributed by atoms with Crippen molar-refractivity contribution in [1.82, 2.24) is 9.97 Å². The maximum Gasteiger partial charge on any atom is 0.327 e. The molecule has 1 aliphatic carbocycles. The lowest BCUT2D eigenvalue weighted by molar-refractivity contribution is 0.103. The Kier molecular flexibility index (Phi) is 3.67. The van der Waals surface area contributed by atoms with E-state index in [9.17, 15) is 14.4 Å². The van der Waals surface area contributed by atoms with Crippen molar-refractivity contribution in [3.05, 3.63) is 97.2 Å². The third-order valence-electron chi connectivity index (χ3n) is 5.21. The van der Waals surface area contributed by atoms with Crippen LogP contribution in [0, 0.1) is 0 Å². The summed E-state index contributed by atoms with van der Waals surface area (Å²) in [6, 6.07) is 15.1. The van der Waals surface area contributed by atoms with Crippen LogP contribution in [0.3, 0.4) is 0 Å². The summed E-state index contributed by atoms with van der Waals surface area (Å²) >= 11 is 1.62. The van der Waals surface area contributed by atoms with E-state index < -0.39 is 17.2 Å². The number of thioether (sulfide) groups is 1. The summed E-state index contributed by atoms with van der Waals surface area (Å²) in [5.74, 6) is -0.341.